The van der Waals surface area contributed by atoms with Gasteiger partial charge in [-0.3, -0.25) is 0 Å². The zero-order chi connectivity index (χ0) is 17.5. The number of rotatable bonds is 7. The fraction of sp³-hybridized carbons (Fsp3) is 0.455. The summed E-state index contributed by atoms with van der Waals surface area (Å²) in [7, 11) is 2.13. The highest BCUT2D eigenvalue weighted by Gasteiger charge is 2.24. The average Bonchev–Trinajstić information content (AvgIpc) is 2.68. The Bertz CT molecular complexity index is 618. The standard InChI is InChI=1S/C22H29NO2/c1-23(15-16-24)21-11-7-19(8-12-21)20-9-13-22(14-10-20)25-17-18-5-3-2-4-6-18/h2-6,9-10,13-14,19,21,24H,7-8,11-12,15-17H2,1H3/t19-,21-. The van der Waals surface area contributed by atoms with Gasteiger partial charge in [0, 0.05) is 12.6 Å². The summed E-state index contributed by atoms with van der Waals surface area (Å²) in [6, 6.07) is 19.5. The van der Waals surface area contributed by atoms with Gasteiger partial charge < -0.3 is 14.7 Å². The van der Waals surface area contributed by atoms with Gasteiger partial charge in [0.05, 0.1) is 6.61 Å². The first-order valence-corrected chi connectivity index (χ1v) is 9.34. The minimum Gasteiger partial charge on any atom is -0.489 e. The van der Waals surface area contributed by atoms with E-state index < -0.39 is 0 Å². The summed E-state index contributed by atoms with van der Waals surface area (Å²) in [5.74, 6) is 1.59. The van der Waals surface area contributed by atoms with Gasteiger partial charge in [0.1, 0.15) is 12.4 Å². The Balaban J connectivity index is 1.49. The molecule has 2 aromatic carbocycles. The molecule has 0 spiro atoms. The van der Waals surface area contributed by atoms with Crippen molar-refractivity contribution in [1.82, 2.24) is 4.90 Å². The van der Waals surface area contributed by atoms with Crippen molar-refractivity contribution in [3.05, 3.63) is 65.7 Å². The molecule has 0 aromatic heterocycles. The number of nitrogens with zero attached hydrogens (tertiary/aromatic N) is 1. The maximum absolute atomic E-state index is 9.09. The highest BCUT2D eigenvalue weighted by molar-refractivity contribution is 5.30. The monoisotopic (exact) mass is 339 g/mol. The van der Waals surface area contributed by atoms with Crippen LogP contribution in [0.15, 0.2) is 54.6 Å². The van der Waals surface area contributed by atoms with Gasteiger partial charge in [-0.25, -0.2) is 0 Å². The Labute approximate surface area is 151 Å². The molecule has 1 aliphatic carbocycles. The van der Waals surface area contributed by atoms with Gasteiger partial charge in [0.15, 0.2) is 0 Å². The SMILES string of the molecule is CN(CCO)[C@H]1CC[C@H](c2ccc(OCc3ccccc3)cc2)CC1. The molecule has 0 unspecified atom stereocenters. The first-order chi connectivity index (χ1) is 12.3. The van der Waals surface area contributed by atoms with Crippen molar-refractivity contribution in [3.8, 4) is 5.75 Å². The third-order valence-electron chi connectivity index (χ3n) is 5.37. The van der Waals surface area contributed by atoms with Gasteiger partial charge in [-0.1, -0.05) is 42.5 Å². The lowest BCUT2D eigenvalue weighted by atomic mass is 9.81. The van der Waals surface area contributed by atoms with Crippen LogP contribution in [0.2, 0.25) is 0 Å². The van der Waals surface area contributed by atoms with Crippen LogP contribution in [-0.2, 0) is 6.61 Å². The summed E-state index contributed by atoms with van der Waals surface area (Å²) in [6.45, 7) is 1.64. The van der Waals surface area contributed by atoms with E-state index in [1.54, 1.807) is 0 Å². The highest BCUT2D eigenvalue weighted by Crippen LogP contribution is 2.35. The molecule has 1 aliphatic rings. The third kappa shape index (κ3) is 5.07. The molecule has 0 amide bonds. The van der Waals surface area contributed by atoms with Crippen LogP contribution in [-0.4, -0.2) is 36.2 Å². The Hall–Kier alpha value is -1.84. The van der Waals surface area contributed by atoms with E-state index in [1.807, 2.05) is 18.2 Å². The molecule has 3 nitrogen and oxygen atoms in total. The second-order valence-corrected chi connectivity index (χ2v) is 7.05. The van der Waals surface area contributed by atoms with Gasteiger partial charge >= 0.3 is 0 Å². The number of aliphatic hydroxyl groups is 1. The minimum absolute atomic E-state index is 0.251. The Morgan fingerprint density at radius 1 is 0.960 bits per heavy atom. The Kier molecular flexibility index (Phi) is 6.48. The number of hydrogen-bond donors (Lipinski definition) is 1. The fourth-order valence-corrected chi connectivity index (χ4v) is 3.77. The van der Waals surface area contributed by atoms with Crippen molar-refractivity contribution < 1.29 is 9.84 Å². The molecule has 0 radical (unpaired) electrons. The summed E-state index contributed by atoms with van der Waals surface area (Å²) >= 11 is 0. The van der Waals surface area contributed by atoms with Gasteiger partial charge in [-0.05, 0) is 61.9 Å². The van der Waals surface area contributed by atoms with Crippen molar-refractivity contribution in [2.45, 2.75) is 44.2 Å². The molecule has 0 aliphatic heterocycles. The van der Waals surface area contributed by atoms with Gasteiger partial charge in [-0.2, -0.15) is 0 Å². The van der Waals surface area contributed by atoms with Crippen LogP contribution in [0, 0.1) is 0 Å². The van der Waals surface area contributed by atoms with Gasteiger partial charge in [0.25, 0.3) is 0 Å². The first kappa shape index (κ1) is 18.0. The largest absolute Gasteiger partial charge is 0.489 e. The maximum atomic E-state index is 9.09. The lowest BCUT2D eigenvalue weighted by Gasteiger charge is -2.34. The summed E-state index contributed by atoms with van der Waals surface area (Å²) < 4.78 is 5.88. The molecular weight excluding hydrogens is 310 g/mol. The second kappa shape index (κ2) is 9.02. The summed E-state index contributed by atoms with van der Waals surface area (Å²) in [5.41, 5.74) is 2.62. The van der Waals surface area contributed by atoms with E-state index in [0.717, 1.165) is 12.3 Å². The van der Waals surface area contributed by atoms with Crippen molar-refractivity contribution in [2.24, 2.45) is 0 Å². The molecule has 1 N–H and O–H groups in total. The Morgan fingerprint density at radius 3 is 2.28 bits per heavy atom. The van der Waals surface area contributed by atoms with Crippen LogP contribution in [0.5, 0.6) is 5.75 Å². The molecule has 2 aromatic rings. The molecule has 3 rings (SSSR count). The van der Waals surface area contributed by atoms with Crippen molar-refractivity contribution in [2.75, 3.05) is 20.2 Å². The smallest absolute Gasteiger partial charge is 0.119 e. The van der Waals surface area contributed by atoms with E-state index in [0.29, 0.717) is 18.6 Å². The Morgan fingerprint density at radius 2 is 1.64 bits per heavy atom. The summed E-state index contributed by atoms with van der Waals surface area (Å²) in [4.78, 5) is 2.30. The second-order valence-electron chi connectivity index (χ2n) is 7.05. The molecule has 1 fully saturated rings. The lowest BCUT2D eigenvalue weighted by Crippen LogP contribution is -2.36. The van der Waals surface area contributed by atoms with E-state index in [1.165, 1.54) is 36.8 Å². The van der Waals surface area contributed by atoms with Crippen LogP contribution >= 0.6 is 0 Å². The van der Waals surface area contributed by atoms with E-state index in [-0.39, 0.29) is 6.61 Å². The van der Waals surface area contributed by atoms with E-state index in [9.17, 15) is 0 Å². The van der Waals surface area contributed by atoms with E-state index in [4.69, 9.17) is 9.84 Å². The van der Waals surface area contributed by atoms with Crippen LogP contribution < -0.4 is 4.74 Å². The normalized spacial score (nSPS) is 20.6. The molecule has 3 heteroatoms. The van der Waals surface area contributed by atoms with Gasteiger partial charge in [-0.15, -0.1) is 0 Å². The van der Waals surface area contributed by atoms with Crippen molar-refractivity contribution in [3.63, 3.8) is 0 Å². The highest BCUT2D eigenvalue weighted by atomic mass is 16.5. The maximum Gasteiger partial charge on any atom is 0.119 e. The van der Waals surface area contributed by atoms with Crippen LogP contribution in [0.1, 0.15) is 42.7 Å². The number of aliphatic hydroxyl groups excluding tert-OH is 1. The third-order valence-corrected chi connectivity index (χ3v) is 5.37. The number of likely N-dealkylation sites (N-methyl/N-ethyl adjacent to an activating group) is 1. The average molecular weight is 339 g/mol. The zero-order valence-corrected chi connectivity index (χ0v) is 15.1. The fourth-order valence-electron chi connectivity index (χ4n) is 3.77. The van der Waals surface area contributed by atoms with E-state index in [2.05, 4.69) is 48.3 Å². The number of ether oxygens (including phenoxy) is 1. The molecule has 0 saturated heterocycles. The van der Waals surface area contributed by atoms with Crippen molar-refractivity contribution in [1.29, 1.82) is 0 Å². The van der Waals surface area contributed by atoms with E-state index >= 15 is 0 Å². The quantitative estimate of drug-likeness (QED) is 0.820. The molecule has 0 heterocycles. The minimum atomic E-state index is 0.251. The zero-order valence-electron chi connectivity index (χ0n) is 15.1. The molecule has 0 atom stereocenters. The molecule has 25 heavy (non-hydrogen) atoms. The van der Waals surface area contributed by atoms with Crippen LogP contribution in [0.25, 0.3) is 0 Å². The van der Waals surface area contributed by atoms with Crippen molar-refractivity contribution >= 4 is 0 Å². The van der Waals surface area contributed by atoms with Gasteiger partial charge in [0.2, 0.25) is 0 Å². The molecule has 1 saturated carbocycles. The predicted octanol–water partition coefficient (Wildman–Crippen LogP) is 4.22. The summed E-state index contributed by atoms with van der Waals surface area (Å²) in [5, 5.41) is 9.09. The molecule has 0 bridgehead atoms. The molecule has 134 valence electrons. The summed E-state index contributed by atoms with van der Waals surface area (Å²) in [6.07, 6.45) is 4.89. The first-order valence-electron chi connectivity index (χ1n) is 9.34. The predicted molar refractivity (Wildman–Crippen MR) is 102 cm³/mol. The van der Waals surface area contributed by atoms with Crippen LogP contribution in [0.3, 0.4) is 0 Å². The number of hydrogen-bond acceptors (Lipinski definition) is 3. The molecular formula is C22H29NO2. The van der Waals surface area contributed by atoms with Crippen LogP contribution in [0.4, 0.5) is 0 Å². The number of benzene rings is 2. The topological polar surface area (TPSA) is 32.7 Å². The lowest BCUT2D eigenvalue weighted by molar-refractivity contribution is 0.147.